The summed E-state index contributed by atoms with van der Waals surface area (Å²) in [6, 6.07) is -0.585. The van der Waals surface area contributed by atoms with Crippen LogP contribution in [0.1, 0.15) is 25.7 Å². The maximum atomic E-state index is 11.2. The van der Waals surface area contributed by atoms with E-state index in [0.717, 1.165) is 12.8 Å². The molecule has 0 unspecified atom stereocenters. The molecule has 88 valence electrons. The van der Waals surface area contributed by atoms with Crippen LogP contribution in [-0.4, -0.2) is 31.0 Å². The number of aliphatic carboxylic acids is 1. The van der Waals surface area contributed by atoms with Crippen molar-refractivity contribution in [3.63, 3.8) is 0 Å². The SMILES string of the molecule is NCCCC[C@H](N)C(=O)NCCC(=O)[O-].[Na+]. The van der Waals surface area contributed by atoms with Crippen molar-refractivity contribution in [3.8, 4) is 0 Å². The summed E-state index contributed by atoms with van der Waals surface area (Å²) in [7, 11) is 0. The summed E-state index contributed by atoms with van der Waals surface area (Å²) in [5.74, 6) is -1.51. The molecule has 0 aromatic carbocycles. The molecule has 0 aliphatic carbocycles. The molecule has 0 fully saturated rings. The number of carboxylic acids is 1. The van der Waals surface area contributed by atoms with Crippen LogP contribution < -0.4 is 51.4 Å². The summed E-state index contributed by atoms with van der Waals surface area (Å²) in [5.41, 5.74) is 10.8. The Labute approximate surface area is 117 Å². The van der Waals surface area contributed by atoms with E-state index in [2.05, 4.69) is 5.32 Å². The summed E-state index contributed by atoms with van der Waals surface area (Å²) >= 11 is 0. The van der Waals surface area contributed by atoms with Gasteiger partial charge in [-0.2, -0.15) is 0 Å². The van der Waals surface area contributed by atoms with Crippen LogP contribution in [0.25, 0.3) is 0 Å². The Balaban J connectivity index is 0. The quantitative estimate of drug-likeness (QED) is 0.288. The van der Waals surface area contributed by atoms with Crippen LogP contribution in [0.4, 0.5) is 0 Å². The summed E-state index contributed by atoms with van der Waals surface area (Å²) in [6.07, 6.45) is 2.00. The van der Waals surface area contributed by atoms with Gasteiger partial charge in [-0.15, -0.1) is 0 Å². The molecule has 0 saturated carbocycles. The van der Waals surface area contributed by atoms with Gasteiger partial charge in [-0.1, -0.05) is 6.42 Å². The van der Waals surface area contributed by atoms with Gasteiger partial charge in [0, 0.05) is 18.9 Å². The topological polar surface area (TPSA) is 121 Å². The predicted octanol–water partition coefficient (Wildman–Crippen LogP) is -5.30. The van der Waals surface area contributed by atoms with Crippen LogP contribution in [0, 0.1) is 0 Å². The minimum absolute atomic E-state index is 0. The average Bonchev–Trinajstić information content (AvgIpc) is 2.17. The fraction of sp³-hybridized carbons (Fsp3) is 0.778. The molecule has 1 atom stereocenters. The first-order valence-corrected chi connectivity index (χ1v) is 5.01. The number of nitrogens with one attached hydrogen (secondary N) is 1. The molecule has 0 spiro atoms. The van der Waals surface area contributed by atoms with Gasteiger partial charge in [-0.25, -0.2) is 0 Å². The van der Waals surface area contributed by atoms with E-state index in [4.69, 9.17) is 11.5 Å². The van der Waals surface area contributed by atoms with Gasteiger partial charge < -0.3 is 26.7 Å². The van der Waals surface area contributed by atoms with Gasteiger partial charge in [0.1, 0.15) is 0 Å². The number of hydrogen-bond acceptors (Lipinski definition) is 5. The van der Waals surface area contributed by atoms with Gasteiger partial charge in [0.15, 0.2) is 0 Å². The second-order valence-electron chi connectivity index (χ2n) is 3.30. The van der Waals surface area contributed by atoms with Crippen molar-refractivity contribution in [2.75, 3.05) is 13.1 Å². The van der Waals surface area contributed by atoms with E-state index in [0.29, 0.717) is 13.0 Å². The van der Waals surface area contributed by atoms with Crippen LogP contribution >= 0.6 is 0 Å². The number of amides is 1. The van der Waals surface area contributed by atoms with E-state index in [-0.39, 0.29) is 48.4 Å². The number of carboxylic acid groups (broad SMARTS) is 1. The molecule has 0 aromatic heterocycles. The Morgan fingerprint density at radius 1 is 1.31 bits per heavy atom. The number of rotatable bonds is 8. The summed E-state index contributed by atoms with van der Waals surface area (Å²) < 4.78 is 0. The Hall–Kier alpha value is -0.140. The third-order valence-corrected chi connectivity index (χ3v) is 1.93. The van der Waals surface area contributed by atoms with Gasteiger partial charge in [0.25, 0.3) is 0 Å². The monoisotopic (exact) mass is 239 g/mol. The van der Waals surface area contributed by atoms with E-state index in [1.165, 1.54) is 0 Å². The van der Waals surface area contributed by atoms with Crippen molar-refractivity contribution >= 4 is 11.9 Å². The van der Waals surface area contributed by atoms with Crippen molar-refractivity contribution in [2.24, 2.45) is 11.5 Å². The molecule has 0 heterocycles. The second-order valence-corrected chi connectivity index (χ2v) is 3.30. The Morgan fingerprint density at radius 2 is 1.94 bits per heavy atom. The summed E-state index contributed by atoms with van der Waals surface area (Å²) in [5, 5.41) is 12.5. The van der Waals surface area contributed by atoms with Crippen LogP contribution in [0.3, 0.4) is 0 Å². The minimum atomic E-state index is -1.19. The van der Waals surface area contributed by atoms with Gasteiger partial charge in [-0.3, -0.25) is 4.79 Å². The molecule has 0 rings (SSSR count). The number of hydrogen-bond donors (Lipinski definition) is 3. The minimum Gasteiger partial charge on any atom is -0.550 e. The molecule has 0 aliphatic rings. The van der Waals surface area contributed by atoms with Gasteiger partial charge in [0.2, 0.25) is 5.91 Å². The number of nitrogens with two attached hydrogens (primary N) is 2. The molecule has 0 bridgehead atoms. The largest absolute Gasteiger partial charge is 1.00 e. The van der Waals surface area contributed by atoms with E-state index in [9.17, 15) is 14.7 Å². The maximum Gasteiger partial charge on any atom is 1.00 e. The third-order valence-electron chi connectivity index (χ3n) is 1.93. The zero-order valence-electron chi connectivity index (χ0n) is 9.70. The summed E-state index contributed by atoms with van der Waals surface area (Å²) in [6.45, 7) is 0.644. The normalized spacial score (nSPS) is 11.4. The van der Waals surface area contributed by atoms with E-state index >= 15 is 0 Å². The Kier molecular flexibility index (Phi) is 12.9. The van der Waals surface area contributed by atoms with Crippen LogP contribution in [-0.2, 0) is 9.59 Å². The second kappa shape index (κ2) is 11.3. The number of carbonyl (C=O) groups excluding carboxylic acids is 2. The van der Waals surface area contributed by atoms with Crippen molar-refractivity contribution in [2.45, 2.75) is 31.7 Å². The average molecular weight is 239 g/mol. The molecule has 5 N–H and O–H groups in total. The van der Waals surface area contributed by atoms with Crippen molar-refractivity contribution in [1.29, 1.82) is 0 Å². The first kappa shape index (κ1) is 18.2. The van der Waals surface area contributed by atoms with Crippen LogP contribution in [0.2, 0.25) is 0 Å². The fourth-order valence-electron chi connectivity index (χ4n) is 1.06. The molecule has 6 nitrogen and oxygen atoms in total. The molecule has 7 heteroatoms. The maximum absolute atomic E-state index is 11.2. The van der Waals surface area contributed by atoms with Crippen molar-refractivity contribution in [3.05, 3.63) is 0 Å². The zero-order chi connectivity index (χ0) is 11.7. The number of unbranched alkanes of at least 4 members (excludes halogenated alkanes) is 1. The number of carbonyl (C=O) groups is 2. The first-order valence-electron chi connectivity index (χ1n) is 5.01. The van der Waals surface area contributed by atoms with Gasteiger partial charge >= 0.3 is 29.6 Å². The van der Waals surface area contributed by atoms with Gasteiger partial charge in [-0.05, 0) is 19.4 Å². The molecule has 0 radical (unpaired) electrons. The predicted molar refractivity (Wildman–Crippen MR) is 53.5 cm³/mol. The first-order chi connectivity index (χ1) is 7.07. The molecule has 0 aliphatic heterocycles. The Morgan fingerprint density at radius 3 is 2.44 bits per heavy atom. The van der Waals surface area contributed by atoms with Gasteiger partial charge in [0.05, 0.1) is 6.04 Å². The standard InChI is InChI=1S/C9H19N3O3.Na/c10-5-2-1-3-7(11)9(15)12-6-4-8(13)14;/h7H,1-6,10-11H2,(H,12,15)(H,13,14);/q;+1/p-1/t7-;/m0./s1. The Bertz CT molecular complexity index is 214. The van der Waals surface area contributed by atoms with Crippen molar-refractivity contribution in [1.82, 2.24) is 5.32 Å². The molecular weight excluding hydrogens is 221 g/mol. The van der Waals surface area contributed by atoms with Crippen LogP contribution in [0.5, 0.6) is 0 Å². The molecule has 1 amide bonds. The van der Waals surface area contributed by atoms with E-state index in [1.807, 2.05) is 0 Å². The molecule has 0 saturated heterocycles. The van der Waals surface area contributed by atoms with E-state index in [1.54, 1.807) is 0 Å². The van der Waals surface area contributed by atoms with Crippen molar-refractivity contribution < 1.29 is 44.3 Å². The van der Waals surface area contributed by atoms with Crippen LogP contribution in [0.15, 0.2) is 0 Å². The summed E-state index contributed by atoms with van der Waals surface area (Å²) in [4.78, 5) is 21.3. The van der Waals surface area contributed by atoms with E-state index < -0.39 is 12.0 Å². The zero-order valence-corrected chi connectivity index (χ0v) is 11.7. The molecule has 16 heavy (non-hydrogen) atoms. The smallest absolute Gasteiger partial charge is 0.550 e. The molecule has 0 aromatic rings. The molecular formula is C9H18N3NaO3. The fourth-order valence-corrected chi connectivity index (χ4v) is 1.06. The third kappa shape index (κ3) is 10.4.